The number of aromatic hydroxyl groups is 1. The first-order valence-corrected chi connectivity index (χ1v) is 3.65. The fraction of sp³-hybridized carbons (Fsp3) is 0.286. The molecule has 1 aromatic rings. The van der Waals surface area contributed by atoms with Gasteiger partial charge in [0.1, 0.15) is 12.5 Å². The van der Waals surface area contributed by atoms with Crippen molar-refractivity contribution in [3.05, 3.63) is 22.7 Å². The van der Waals surface area contributed by atoms with Crippen molar-refractivity contribution in [3.63, 3.8) is 0 Å². The van der Waals surface area contributed by atoms with E-state index in [2.05, 4.69) is 17.0 Å². The highest BCUT2D eigenvalue weighted by Crippen LogP contribution is 2.04. The minimum absolute atomic E-state index is 0.106. The van der Waals surface area contributed by atoms with Gasteiger partial charge in [0.05, 0.1) is 4.90 Å². The van der Waals surface area contributed by atoms with Gasteiger partial charge >= 0.3 is 0 Å². The van der Waals surface area contributed by atoms with Crippen LogP contribution in [0.4, 0.5) is 0 Å². The lowest BCUT2D eigenvalue weighted by Crippen LogP contribution is -1.98. The Labute approximate surface area is 70.1 Å². The highest BCUT2D eigenvalue weighted by atomic mass is 32.1. The van der Waals surface area contributed by atoms with Gasteiger partial charge in [-0.05, 0) is 0 Å². The summed E-state index contributed by atoms with van der Waals surface area (Å²) in [5.41, 5.74) is -0.510. The molecule has 1 heterocycles. The third kappa shape index (κ3) is 2.67. The lowest BCUT2D eigenvalue weighted by Gasteiger charge is -1.88. The van der Waals surface area contributed by atoms with E-state index in [9.17, 15) is 4.79 Å². The Hall–Kier alpha value is -0.900. The highest BCUT2D eigenvalue weighted by Gasteiger charge is 1.98. The average Bonchev–Trinajstić information content (AvgIpc) is 2.04. The van der Waals surface area contributed by atoms with Crippen molar-refractivity contribution in [2.45, 2.75) is 18.7 Å². The molecule has 0 atom stereocenters. The molecule has 0 unspecified atom stereocenters. The number of rotatable bonds is 0. The summed E-state index contributed by atoms with van der Waals surface area (Å²) in [5, 5.41) is 8.64. The first kappa shape index (κ1) is 10.1. The third-order valence-electron chi connectivity index (χ3n) is 0.825. The molecule has 1 N–H and O–H groups in total. The van der Waals surface area contributed by atoms with Gasteiger partial charge in [0, 0.05) is 0 Å². The van der Waals surface area contributed by atoms with Crippen LogP contribution in [0.1, 0.15) is 13.8 Å². The summed E-state index contributed by atoms with van der Waals surface area (Å²) in [4.78, 5) is 10.7. The minimum Gasteiger partial charge on any atom is -0.502 e. The largest absolute Gasteiger partial charge is 0.502 e. The van der Waals surface area contributed by atoms with Crippen LogP contribution in [-0.4, -0.2) is 5.11 Å². The number of hydrogen-bond acceptors (Lipinski definition) is 4. The van der Waals surface area contributed by atoms with Gasteiger partial charge in [-0.3, -0.25) is 4.79 Å². The first-order valence-electron chi connectivity index (χ1n) is 3.20. The molecule has 0 aliphatic carbocycles. The van der Waals surface area contributed by atoms with Gasteiger partial charge in [-0.2, -0.15) is 0 Å². The lowest BCUT2D eigenvalue weighted by atomic mass is 10.5. The summed E-state index contributed by atoms with van der Waals surface area (Å²) in [5.74, 6) is -0.414. The SMILES string of the molecule is CC.O=c1c(O)cocc1S. The average molecular weight is 174 g/mol. The van der Waals surface area contributed by atoms with E-state index in [1.165, 1.54) is 0 Å². The van der Waals surface area contributed by atoms with E-state index in [4.69, 9.17) is 5.11 Å². The molecular formula is C7H10O3S. The smallest absolute Gasteiger partial charge is 0.239 e. The van der Waals surface area contributed by atoms with Gasteiger partial charge in [0.25, 0.3) is 0 Å². The zero-order valence-corrected chi connectivity index (χ0v) is 7.26. The number of thiol groups is 1. The van der Waals surface area contributed by atoms with Crippen LogP contribution in [0.15, 0.2) is 26.6 Å². The Morgan fingerprint density at radius 1 is 1.45 bits per heavy atom. The Kier molecular flexibility index (Phi) is 4.45. The predicted molar refractivity (Wildman–Crippen MR) is 45.2 cm³/mol. The fourth-order valence-corrected chi connectivity index (χ4v) is 0.577. The van der Waals surface area contributed by atoms with Gasteiger partial charge in [-0.15, -0.1) is 12.6 Å². The molecule has 0 bridgehead atoms. The predicted octanol–water partition coefficient (Wildman–Crippen LogP) is 1.66. The summed E-state index contributed by atoms with van der Waals surface area (Å²) >= 11 is 3.70. The summed E-state index contributed by atoms with van der Waals surface area (Å²) < 4.78 is 4.49. The van der Waals surface area contributed by atoms with Gasteiger partial charge in [-0.1, -0.05) is 13.8 Å². The fourth-order valence-electron chi connectivity index (χ4n) is 0.401. The molecular weight excluding hydrogens is 164 g/mol. The lowest BCUT2D eigenvalue weighted by molar-refractivity contribution is 0.422. The quantitative estimate of drug-likeness (QED) is 0.588. The molecule has 0 aliphatic heterocycles. The van der Waals surface area contributed by atoms with Crippen molar-refractivity contribution in [2.24, 2.45) is 0 Å². The molecule has 0 aliphatic rings. The van der Waals surface area contributed by atoms with Crippen LogP contribution in [-0.2, 0) is 0 Å². The standard InChI is InChI=1S/C5H4O3S.C2H6/c6-3-1-8-2-4(9)5(3)7;1-2/h1-2,6,9H;1-2H3. The Bertz CT molecular complexity index is 243. The summed E-state index contributed by atoms with van der Waals surface area (Å²) in [6, 6.07) is 0. The first-order chi connectivity index (χ1) is 5.22. The number of hydrogen-bond donors (Lipinski definition) is 2. The van der Waals surface area contributed by atoms with Crippen LogP contribution < -0.4 is 5.43 Å². The molecule has 11 heavy (non-hydrogen) atoms. The Morgan fingerprint density at radius 3 is 2.36 bits per heavy atom. The van der Waals surface area contributed by atoms with E-state index in [0.717, 1.165) is 12.5 Å². The van der Waals surface area contributed by atoms with Crippen LogP contribution in [0.2, 0.25) is 0 Å². The van der Waals surface area contributed by atoms with Gasteiger partial charge in [0.2, 0.25) is 5.43 Å². The van der Waals surface area contributed by atoms with Crippen LogP contribution >= 0.6 is 12.6 Å². The molecule has 0 radical (unpaired) electrons. The monoisotopic (exact) mass is 174 g/mol. The van der Waals surface area contributed by atoms with Crippen LogP contribution in [0.25, 0.3) is 0 Å². The molecule has 0 fully saturated rings. The van der Waals surface area contributed by atoms with Crippen molar-refractivity contribution in [2.75, 3.05) is 0 Å². The molecule has 0 spiro atoms. The van der Waals surface area contributed by atoms with E-state index >= 15 is 0 Å². The van der Waals surface area contributed by atoms with E-state index in [0.29, 0.717) is 0 Å². The van der Waals surface area contributed by atoms with E-state index < -0.39 is 11.2 Å². The molecule has 0 aromatic carbocycles. The molecule has 1 rings (SSSR count). The zero-order valence-electron chi connectivity index (χ0n) is 6.37. The van der Waals surface area contributed by atoms with E-state index in [1.807, 2.05) is 13.8 Å². The molecule has 0 saturated heterocycles. The minimum atomic E-state index is -0.510. The Balaban J connectivity index is 0.000000461. The Morgan fingerprint density at radius 2 is 2.00 bits per heavy atom. The molecule has 0 amide bonds. The van der Waals surface area contributed by atoms with Crippen molar-refractivity contribution >= 4 is 12.6 Å². The van der Waals surface area contributed by atoms with Crippen LogP contribution in [0.5, 0.6) is 5.75 Å². The molecule has 1 aromatic heterocycles. The van der Waals surface area contributed by atoms with Gasteiger partial charge in [-0.25, -0.2) is 0 Å². The maximum Gasteiger partial charge on any atom is 0.239 e. The second-order valence-corrected chi connectivity index (χ2v) is 1.95. The highest BCUT2D eigenvalue weighted by molar-refractivity contribution is 7.80. The van der Waals surface area contributed by atoms with Crippen molar-refractivity contribution in [1.82, 2.24) is 0 Å². The topological polar surface area (TPSA) is 50.4 Å². The maximum absolute atomic E-state index is 10.6. The third-order valence-corrected chi connectivity index (χ3v) is 1.13. The normalized spacial score (nSPS) is 8.27. The van der Waals surface area contributed by atoms with Crippen LogP contribution in [0, 0.1) is 0 Å². The van der Waals surface area contributed by atoms with E-state index in [-0.39, 0.29) is 4.90 Å². The van der Waals surface area contributed by atoms with Gasteiger partial charge < -0.3 is 9.52 Å². The summed E-state index contributed by atoms with van der Waals surface area (Å²) in [7, 11) is 0. The zero-order chi connectivity index (χ0) is 8.85. The van der Waals surface area contributed by atoms with Crippen LogP contribution in [0.3, 0.4) is 0 Å². The second kappa shape index (κ2) is 4.85. The van der Waals surface area contributed by atoms with Crippen molar-refractivity contribution in [1.29, 1.82) is 0 Å². The molecule has 62 valence electrons. The molecule has 4 heteroatoms. The van der Waals surface area contributed by atoms with Gasteiger partial charge in [0.15, 0.2) is 5.75 Å². The van der Waals surface area contributed by atoms with Crippen molar-refractivity contribution < 1.29 is 9.52 Å². The summed E-state index contributed by atoms with van der Waals surface area (Å²) in [6.45, 7) is 4.00. The summed E-state index contributed by atoms with van der Waals surface area (Å²) in [6.07, 6.45) is 2.12. The second-order valence-electron chi connectivity index (χ2n) is 1.47. The van der Waals surface area contributed by atoms with E-state index in [1.54, 1.807) is 0 Å². The molecule has 0 saturated carbocycles. The van der Waals surface area contributed by atoms with Crippen molar-refractivity contribution in [3.8, 4) is 5.75 Å². The maximum atomic E-state index is 10.6. The molecule has 3 nitrogen and oxygen atoms in total.